The predicted molar refractivity (Wildman–Crippen MR) is 124 cm³/mol. The van der Waals surface area contributed by atoms with E-state index in [9.17, 15) is 26.7 Å². The van der Waals surface area contributed by atoms with Crippen LogP contribution in [0.4, 0.5) is 22.0 Å². The van der Waals surface area contributed by atoms with Crippen LogP contribution in [0.15, 0.2) is 78.0 Å². The maximum absolute atomic E-state index is 13.7. The summed E-state index contributed by atoms with van der Waals surface area (Å²) < 4.78 is 73.4. The summed E-state index contributed by atoms with van der Waals surface area (Å²) in [5.41, 5.74) is 0.950. The number of hydrogen-bond donors (Lipinski definition) is 0. The lowest BCUT2D eigenvalue weighted by molar-refractivity contribution is -0.154. The van der Waals surface area contributed by atoms with Crippen molar-refractivity contribution in [1.82, 2.24) is 19.5 Å². The van der Waals surface area contributed by atoms with Gasteiger partial charge in [-0.1, -0.05) is 18.2 Å². The van der Waals surface area contributed by atoms with Gasteiger partial charge in [-0.15, -0.1) is 0 Å². The van der Waals surface area contributed by atoms with E-state index in [4.69, 9.17) is 0 Å². The summed E-state index contributed by atoms with van der Waals surface area (Å²) in [6.07, 6.45) is -0.277. The third-order valence-corrected chi connectivity index (χ3v) is 5.33. The minimum atomic E-state index is -4.62. The highest BCUT2D eigenvalue weighted by Crippen LogP contribution is 2.29. The highest BCUT2D eigenvalue weighted by atomic mass is 19.4. The van der Waals surface area contributed by atoms with Gasteiger partial charge in [0.25, 0.3) is 5.56 Å². The fourth-order valence-corrected chi connectivity index (χ4v) is 3.77. The molecular weight excluding hydrogens is 499 g/mol. The zero-order valence-corrected chi connectivity index (χ0v) is 18.6. The fourth-order valence-electron chi connectivity index (χ4n) is 3.77. The third-order valence-electron chi connectivity index (χ3n) is 5.33. The van der Waals surface area contributed by atoms with Crippen LogP contribution in [-0.4, -0.2) is 38.9 Å². The van der Waals surface area contributed by atoms with Gasteiger partial charge in [0.15, 0.2) is 6.61 Å². The van der Waals surface area contributed by atoms with Crippen molar-refractivity contribution in [3.63, 3.8) is 0 Å². The average molecular weight is 514 g/mol. The van der Waals surface area contributed by atoms with Crippen LogP contribution >= 0.6 is 0 Å². The number of ether oxygens (including phenoxy) is 2. The maximum Gasteiger partial charge on any atom is 0.422 e. The number of benzene rings is 2. The molecule has 0 amide bonds. The molecule has 5 rings (SSSR count). The second-order valence-corrected chi connectivity index (χ2v) is 7.82. The van der Waals surface area contributed by atoms with Crippen molar-refractivity contribution in [2.75, 3.05) is 6.61 Å². The molecule has 0 spiro atoms. The van der Waals surface area contributed by atoms with Crippen LogP contribution in [0.1, 0.15) is 0 Å². The first-order chi connectivity index (χ1) is 17.7. The van der Waals surface area contributed by atoms with E-state index in [0.717, 1.165) is 5.39 Å². The standard InChI is InChI=1S/C25H15F5N4O3/c26-23(27)37-18-6-3-14(4-7-18)20-21-16(11-32-24(33-21)36-13-25(28,29)30)12-34(22(20)35)17-5-8-19-15(10-17)2-1-9-31-19/h1-12,23H,13H2. The summed E-state index contributed by atoms with van der Waals surface area (Å²) in [4.78, 5) is 25.9. The highest BCUT2D eigenvalue weighted by molar-refractivity contribution is 5.93. The van der Waals surface area contributed by atoms with E-state index in [1.54, 1.807) is 30.5 Å². The highest BCUT2D eigenvalue weighted by Gasteiger charge is 2.29. The first-order valence-electron chi connectivity index (χ1n) is 10.7. The molecular formula is C25H15F5N4O3. The molecule has 0 fully saturated rings. The van der Waals surface area contributed by atoms with Crippen molar-refractivity contribution >= 4 is 21.8 Å². The average Bonchev–Trinajstić information content (AvgIpc) is 2.87. The zero-order chi connectivity index (χ0) is 26.2. The van der Waals surface area contributed by atoms with Crippen molar-refractivity contribution in [2.45, 2.75) is 12.8 Å². The molecule has 188 valence electrons. The Hall–Kier alpha value is -4.61. The Morgan fingerprint density at radius 1 is 0.973 bits per heavy atom. The molecule has 2 aromatic carbocycles. The van der Waals surface area contributed by atoms with Gasteiger partial charge in [-0.2, -0.15) is 26.9 Å². The molecule has 3 aromatic heterocycles. The van der Waals surface area contributed by atoms with E-state index in [0.29, 0.717) is 16.6 Å². The van der Waals surface area contributed by atoms with Crippen LogP contribution in [0.3, 0.4) is 0 Å². The molecule has 0 atom stereocenters. The Balaban J connectivity index is 1.70. The van der Waals surface area contributed by atoms with E-state index < -0.39 is 31.0 Å². The number of hydrogen-bond acceptors (Lipinski definition) is 6. The number of pyridine rings is 2. The Morgan fingerprint density at radius 2 is 1.76 bits per heavy atom. The molecule has 0 saturated carbocycles. The van der Waals surface area contributed by atoms with Crippen LogP contribution in [-0.2, 0) is 0 Å². The van der Waals surface area contributed by atoms with Gasteiger partial charge in [0.2, 0.25) is 0 Å². The Bertz CT molecular complexity index is 1650. The number of fused-ring (bicyclic) bond motifs is 2. The molecule has 0 aliphatic carbocycles. The first kappa shape index (κ1) is 24.1. The molecule has 0 N–H and O–H groups in total. The minimum Gasteiger partial charge on any atom is -0.454 e. The lowest BCUT2D eigenvalue weighted by Crippen LogP contribution is -2.22. The van der Waals surface area contributed by atoms with Crippen molar-refractivity contribution in [1.29, 1.82) is 0 Å². The first-order valence-corrected chi connectivity index (χ1v) is 10.7. The van der Waals surface area contributed by atoms with E-state index in [-0.39, 0.29) is 22.4 Å². The van der Waals surface area contributed by atoms with Crippen LogP contribution in [0.5, 0.6) is 11.8 Å². The predicted octanol–water partition coefficient (Wildman–Crippen LogP) is 5.54. The number of aromatic nitrogens is 4. The van der Waals surface area contributed by atoms with Crippen molar-refractivity contribution in [2.24, 2.45) is 0 Å². The van der Waals surface area contributed by atoms with Crippen LogP contribution in [0.2, 0.25) is 0 Å². The summed E-state index contributed by atoms with van der Waals surface area (Å²) in [7, 11) is 0. The summed E-state index contributed by atoms with van der Waals surface area (Å²) in [5.74, 6) is -0.134. The van der Waals surface area contributed by atoms with Crippen LogP contribution in [0.25, 0.3) is 38.6 Å². The van der Waals surface area contributed by atoms with Crippen LogP contribution in [0, 0.1) is 0 Å². The Kier molecular flexibility index (Phi) is 6.15. The topological polar surface area (TPSA) is 79.1 Å². The molecule has 7 nitrogen and oxygen atoms in total. The van der Waals surface area contributed by atoms with E-state index in [1.165, 1.54) is 41.2 Å². The molecule has 0 unspecified atom stereocenters. The molecule has 3 heterocycles. The normalized spacial score (nSPS) is 11.8. The maximum atomic E-state index is 13.7. The summed E-state index contributed by atoms with van der Waals surface area (Å²) >= 11 is 0. The fraction of sp³-hybridized carbons (Fsp3) is 0.120. The Labute approximate surface area is 204 Å². The quantitative estimate of drug-likeness (QED) is 0.277. The summed E-state index contributed by atoms with van der Waals surface area (Å²) in [6.45, 7) is -4.65. The number of halogens is 5. The van der Waals surface area contributed by atoms with Gasteiger partial charge >= 0.3 is 18.8 Å². The molecule has 5 aromatic rings. The monoisotopic (exact) mass is 514 g/mol. The lowest BCUT2D eigenvalue weighted by atomic mass is 10.0. The SMILES string of the molecule is O=c1c(-c2ccc(OC(F)F)cc2)c2nc(OCC(F)(F)F)ncc2cn1-c1ccc2ncccc2c1. The summed E-state index contributed by atoms with van der Waals surface area (Å²) in [5, 5.41) is 1.10. The smallest absolute Gasteiger partial charge is 0.422 e. The van der Waals surface area contributed by atoms with E-state index >= 15 is 0 Å². The lowest BCUT2D eigenvalue weighted by Gasteiger charge is -2.14. The van der Waals surface area contributed by atoms with E-state index in [1.807, 2.05) is 6.07 Å². The number of alkyl halides is 5. The Morgan fingerprint density at radius 3 is 2.49 bits per heavy atom. The number of nitrogens with zero attached hydrogens (tertiary/aromatic N) is 4. The largest absolute Gasteiger partial charge is 0.454 e. The van der Waals surface area contributed by atoms with Gasteiger partial charge in [-0.3, -0.25) is 14.3 Å². The third kappa shape index (κ3) is 5.17. The van der Waals surface area contributed by atoms with Crippen LogP contribution < -0.4 is 15.0 Å². The van der Waals surface area contributed by atoms with E-state index in [2.05, 4.69) is 24.4 Å². The molecule has 0 aliphatic heterocycles. The molecule has 0 aliphatic rings. The second-order valence-electron chi connectivity index (χ2n) is 7.82. The van der Waals surface area contributed by atoms with Gasteiger partial charge in [0.1, 0.15) is 5.75 Å². The van der Waals surface area contributed by atoms with Gasteiger partial charge in [-0.05, 0) is 42.0 Å². The summed E-state index contributed by atoms with van der Waals surface area (Å²) in [6, 6.07) is 13.4. The van der Waals surface area contributed by atoms with Gasteiger partial charge in [-0.25, -0.2) is 4.98 Å². The molecule has 0 saturated heterocycles. The van der Waals surface area contributed by atoms with Gasteiger partial charge in [0.05, 0.1) is 16.6 Å². The van der Waals surface area contributed by atoms with Gasteiger partial charge < -0.3 is 9.47 Å². The second kappa shape index (κ2) is 9.45. The van der Waals surface area contributed by atoms with Crippen molar-refractivity contribution in [3.8, 4) is 28.6 Å². The minimum absolute atomic E-state index is 0.00615. The molecule has 0 bridgehead atoms. The van der Waals surface area contributed by atoms with Gasteiger partial charge in [0, 0.05) is 35.1 Å². The number of rotatable bonds is 6. The molecule has 0 radical (unpaired) electrons. The van der Waals surface area contributed by atoms with Crippen molar-refractivity contribution in [3.05, 3.63) is 83.5 Å². The molecule has 37 heavy (non-hydrogen) atoms. The van der Waals surface area contributed by atoms with Crippen molar-refractivity contribution < 1.29 is 31.4 Å². The molecule has 12 heteroatoms. The zero-order valence-electron chi connectivity index (χ0n) is 18.6.